The number of aryl methyl sites for hydroxylation is 1. The van der Waals surface area contributed by atoms with Crippen LogP contribution in [-0.2, 0) is 0 Å². The normalized spacial score (nSPS) is 11.8. The van der Waals surface area contributed by atoms with E-state index in [-0.39, 0.29) is 5.56 Å². The molecule has 0 amide bonds. The van der Waals surface area contributed by atoms with Gasteiger partial charge in [-0.15, -0.1) is 0 Å². The molecule has 9 heteroatoms. The minimum Gasteiger partial charge on any atom is -0.293 e. The number of rotatable bonds is 5. The predicted octanol–water partition coefficient (Wildman–Crippen LogP) is 5.81. The molecular weight excluding hydrogens is 510 g/mol. The van der Waals surface area contributed by atoms with Crippen LogP contribution < -0.4 is 5.56 Å². The van der Waals surface area contributed by atoms with Crippen LogP contribution in [0.4, 0.5) is 0 Å². The Morgan fingerprint density at radius 3 is 2.41 bits per heavy atom. The summed E-state index contributed by atoms with van der Waals surface area (Å²) in [6.45, 7) is 1.76. The van der Waals surface area contributed by atoms with E-state index in [0.717, 1.165) is 14.9 Å². The Labute approximate surface area is 201 Å². The fourth-order valence-electron chi connectivity index (χ4n) is 3.55. The third-order valence-electron chi connectivity index (χ3n) is 5.08. The summed E-state index contributed by atoms with van der Waals surface area (Å²) in [4.78, 5) is 18.7. The van der Waals surface area contributed by atoms with Crippen LogP contribution in [0.1, 0.15) is 22.7 Å². The van der Waals surface area contributed by atoms with E-state index in [2.05, 4.69) is 26.0 Å². The van der Waals surface area contributed by atoms with Crippen molar-refractivity contribution in [1.82, 2.24) is 14.8 Å². The summed E-state index contributed by atoms with van der Waals surface area (Å²) in [5, 5.41) is 23.4. The highest BCUT2D eigenvalue weighted by atomic mass is 79.9. The predicted molar refractivity (Wildman–Crippen MR) is 128 cm³/mol. The number of nitriles is 2. The Morgan fingerprint density at radius 2 is 1.78 bits per heavy atom. The van der Waals surface area contributed by atoms with Gasteiger partial charge < -0.3 is 0 Å². The highest BCUT2D eigenvalue weighted by molar-refractivity contribution is 9.10. The maximum atomic E-state index is 13.5. The molecule has 1 atom stereocenters. The Balaban J connectivity index is 1.81. The number of hydrogen-bond donors (Lipinski definition) is 1. The van der Waals surface area contributed by atoms with Crippen molar-refractivity contribution >= 4 is 38.9 Å². The number of benzene rings is 2. The Kier molecular flexibility index (Phi) is 6.29. The van der Waals surface area contributed by atoms with Crippen molar-refractivity contribution in [3.05, 3.63) is 91.4 Å². The molecule has 32 heavy (non-hydrogen) atoms. The van der Waals surface area contributed by atoms with E-state index in [1.54, 1.807) is 25.3 Å². The average Bonchev–Trinajstić information content (AvgIpc) is 3.38. The zero-order valence-electron chi connectivity index (χ0n) is 16.7. The van der Waals surface area contributed by atoms with Crippen LogP contribution in [0.25, 0.3) is 15.6 Å². The number of aromatic amines is 1. The van der Waals surface area contributed by atoms with Gasteiger partial charge in [-0.05, 0) is 42.3 Å². The van der Waals surface area contributed by atoms with Gasteiger partial charge >= 0.3 is 0 Å². The van der Waals surface area contributed by atoms with Crippen LogP contribution in [0.5, 0.6) is 0 Å². The lowest BCUT2D eigenvalue weighted by atomic mass is 9.82. The van der Waals surface area contributed by atoms with Crippen molar-refractivity contribution < 1.29 is 0 Å². The van der Waals surface area contributed by atoms with Crippen LogP contribution in [0.3, 0.4) is 0 Å². The number of hydrogen-bond acceptors (Lipinski definition) is 5. The quantitative estimate of drug-likeness (QED) is 0.356. The lowest BCUT2D eigenvalue weighted by Crippen LogP contribution is -2.23. The molecule has 0 saturated heterocycles. The van der Waals surface area contributed by atoms with Crippen LogP contribution in [-0.4, -0.2) is 14.8 Å². The van der Waals surface area contributed by atoms with Crippen LogP contribution >= 0.6 is 38.9 Å². The average molecular weight is 525 g/mol. The second-order valence-corrected chi connectivity index (χ2v) is 9.43. The Bertz CT molecular complexity index is 1390. The number of nitrogens with one attached hydrogen (secondary N) is 1. The molecule has 2 aromatic heterocycles. The monoisotopic (exact) mass is 523 g/mol. The molecule has 158 valence electrons. The van der Waals surface area contributed by atoms with Crippen molar-refractivity contribution in [3.63, 3.8) is 0 Å². The zero-order valence-corrected chi connectivity index (χ0v) is 19.9. The van der Waals surface area contributed by atoms with Gasteiger partial charge in [-0.1, -0.05) is 63.1 Å². The number of H-pyrrole nitrogens is 1. The molecule has 1 N–H and O–H groups in total. The molecule has 0 aliphatic rings. The highest BCUT2D eigenvalue weighted by Crippen LogP contribution is 2.33. The van der Waals surface area contributed by atoms with E-state index in [1.165, 1.54) is 16.0 Å². The van der Waals surface area contributed by atoms with Crippen LogP contribution in [0.2, 0.25) is 5.02 Å². The molecule has 0 unspecified atom stereocenters. The first-order chi connectivity index (χ1) is 15.4. The smallest absolute Gasteiger partial charge is 0.277 e. The SMILES string of the molecule is Cc1[nH]n(-c2ncc(-c3ccc(Cl)cc3)s2)c(=O)c1[C@@H](c1ccc(Br)cc1)C(C#N)C#N. The molecule has 2 heterocycles. The van der Waals surface area contributed by atoms with Crippen molar-refractivity contribution in [3.8, 4) is 27.7 Å². The molecule has 0 aliphatic heterocycles. The maximum absolute atomic E-state index is 13.5. The summed E-state index contributed by atoms with van der Waals surface area (Å²) < 4.78 is 2.23. The molecular formula is C23H15BrClN5OS. The molecule has 4 rings (SSSR count). The largest absolute Gasteiger partial charge is 0.293 e. The molecule has 0 aliphatic carbocycles. The van der Waals surface area contributed by atoms with Gasteiger partial charge in [0.2, 0.25) is 5.13 Å². The molecule has 2 aromatic carbocycles. The Morgan fingerprint density at radius 1 is 1.12 bits per heavy atom. The number of thiazole rings is 1. The van der Waals surface area contributed by atoms with Crippen molar-refractivity contribution in [2.24, 2.45) is 5.92 Å². The van der Waals surface area contributed by atoms with Crippen LogP contribution in [0, 0.1) is 35.5 Å². The highest BCUT2D eigenvalue weighted by Gasteiger charge is 2.31. The number of aromatic nitrogens is 3. The van der Waals surface area contributed by atoms with E-state index in [4.69, 9.17) is 11.6 Å². The summed E-state index contributed by atoms with van der Waals surface area (Å²) in [7, 11) is 0. The van der Waals surface area contributed by atoms with E-state index >= 15 is 0 Å². The summed E-state index contributed by atoms with van der Waals surface area (Å²) in [5.41, 5.74) is 2.29. The van der Waals surface area contributed by atoms with Gasteiger partial charge in [0, 0.05) is 32.9 Å². The second kappa shape index (κ2) is 9.13. The Hall–Kier alpha value is -3.17. The molecule has 0 radical (unpaired) electrons. The third kappa shape index (κ3) is 4.13. The van der Waals surface area contributed by atoms with Gasteiger partial charge in [0.25, 0.3) is 5.56 Å². The van der Waals surface area contributed by atoms with E-state index in [9.17, 15) is 15.3 Å². The van der Waals surface area contributed by atoms with Gasteiger partial charge in [0.15, 0.2) is 0 Å². The molecule has 6 nitrogen and oxygen atoms in total. The zero-order chi connectivity index (χ0) is 22.8. The summed E-state index contributed by atoms with van der Waals surface area (Å²) in [6.07, 6.45) is 1.70. The van der Waals surface area contributed by atoms with Gasteiger partial charge in [0.1, 0.15) is 5.92 Å². The van der Waals surface area contributed by atoms with E-state index < -0.39 is 11.8 Å². The first-order valence-electron chi connectivity index (χ1n) is 9.51. The van der Waals surface area contributed by atoms with Gasteiger partial charge in [-0.3, -0.25) is 9.89 Å². The summed E-state index contributed by atoms with van der Waals surface area (Å²) in [5.74, 6) is -1.72. The summed E-state index contributed by atoms with van der Waals surface area (Å²) >= 11 is 10.7. The lowest BCUT2D eigenvalue weighted by Gasteiger charge is -2.17. The minimum atomic E-state index is -1.02. The first kappa shape index (κ1) is 22.0. The fourth-order valence-corrected chi connectivity index (χ4v) is 4.82. The first-order valence-corrected chi connectivity index (χ1v) is 11.5. The number of nitrogens with zero attached hydrogens (tertiary/aromatic N) is 4. The van der Waals surface area contributed by atoms with E-state index in [0.29, 0.717) is 27.0 Å². The minimum absolute atomic E-state index is 0.331. The topological polar surface area (TPSA) is 98.3 Å². The standard InChI is InChI=1S/C23H15BrClN5OS/c1-13-20(21(16(10-26)11-27)15-2-6-17(24)7-3-15)22(31)30(29-13)23-28-12-19(32-23)14-4-8-18(25)9-5-14/h2-9,12,16,21,29H,1H3/t21-/m0/s1. The van der Waals surface area contributed by atoms with Gasteiger partial charge in [0.05, 0.1) is 17.0 Å². The maximum Gasteiger partial charge on any atom is 0.277 e. The lowest BCUT2D eigenvalue weighted by molar-refractivity contribution is 0.699. The number of halogens is 2. The van der Waals surface area contributed by atoms with Crippen molar-refractivity contribution in [1.29, 1.82) is 10.5 Å². The molecule has 0 spiro atoms. The van der Waals surface area contributed by atoms with Crippen LogP contribution in [0.15, 0.2) is 64.0 Å². The van der Waals surface area contributed by atoms with E-state index in [1.807, 2.05) is 48.5 Å². The fraction of sp³-hybridized carbons (Fsp3) is 0.130. The molecule has 0 bridgehead atoms. The molecule has 0 saturated carbocycles. The van der Waals surface area contributed by atoms with Gasteiger partial charge in [-0.25, -0.2) is 4.98 Å². The van der Waals surface area contributed by atoms with Crippen molar-refractivity contribution in [2.75, 3.05) is 0 Å². The second-order valence-electron chi connectivity index (χ2n) is 7.07. The molecule has 4 aromatic rings. The van der Waals surface area contributed by atoms with Crippen molar-refractivity contribution in [2.45, 2.75) is 12.8 Å². The summed E-state index contributed by atoms with van der Waals surface area (Å²) in [6, 6.07) is 18.7. The van der Waals surface area contributed by atoms with Gasteiger partial charge in [-0.2, -0.15) is 15.2 Å². The molecule has 0 fully saturated rings. The third-order valence-corrected chi connectivity index (χ3v) is 6.89.